The summed E-state index contributed by atoms with van der Waals surface area (Å²) in [6, 6.07) is 5.73. The zero-order valence-electron chi connectivity index (χ0n) is 18.3. The number of esters is 3. The summed E-state index contributed by atoms with van der Waals surface area (Å²) in [5, 5.41) is 19.9. The Kier molecular flexibility index (Phi) is 5.75. The van der Waals surface area contributed by atoms with Crippen molar-refractivity contribution >= 4 is 17.9 Å². The van der Waals surface area contributed by atoms with E-state index in [-0.39, 0.29) is 43.5 Å². The molecule has 0 aromatic heterocycles. The second-order valence-corrected chi connectivity index (χ2v) is 9.31. The van der Waals surface area contributed by atoms with E-state index in [1.165, 1.54) is 31.2 Å². The summed E-state index contributed by atoms with van der Waals surface area (Å²) in [4.78, 5) is 37.2. The quantitative estimate of drug-likeness (QED) is 0.525. The van der Waals surface area contributed by atoms with E-state index in [2.05, 4.69) is 0 Å². The topological polar surface area (TPSA) is 119 Å². The van der Waals surface area contributed by atoms with Crippen molar-refractivity contribution in [2.24, 2.45) is 16.7 Å². The summed E-state index contributed by atoms with van der Waals surface area (Å²) in [5.41, 5.74) is 0.164. The summed E-state index contributed by atoms with van der Waals surface area (Å²) in [6.07, 6.45) is 1.57. The highest BCUT2D eigenvalue weighted by Crippen LogP contribution is 2.61. The number of carbonyl (C=O) groups is 3. The van der Waals surface area contributed by atoms with Crippen LogP contribution in [0.15, 0.2) is 35.4 Å². The Hall–Kier alpha value is -2.87. The molecule has 1 aromatic rings. The maximum absolute atomic E-state index is 13.0. The highest BCUT2D eigenvalue weighted by Gasteiger charge is 2.62. The molecule has 1 heterocycles. The molecule has 32 heavy (non-hydrogen) atoms. The van der Waals surface area contributed by atoms with E-state index in [0.717, 1.165) is 12.0 Å². The average Bonchev–Trinajstić information content (AvgIpc) is 3.14. The van der Waals surface area contributed by atoms with Crippen LogP contribution in [0.4, 0.5) is 0 Å². The first kappa shape index (κ1) is 22.3. The van der Waals surface area contributed by atoms with Crippen molar-refractivity contribution in [2.45, 2.75) is 45.6 Å². The van der Waals surface area contributed by atoms with Crippen LogP contribution in [-0.2, 0) is 23.8 Å². The second kappa shape index (κ2) is 8.24. The minimum Gasteiger partial charge on any atom is -0.508 e. The summed E-state index contributed by atoms with van der Waals surface area (Å²) < 4.78 is 16.8. The van der Waals surface area contributed by atoms with Crippen LogP contribution in [0.25, 0.3) is 0 Å². The van der Waals surface area contributed by atoms with Crippen LogP contribution in [0.2, 0.25) is 0 Å². The zero-order valence-corrected chi connectivity index (χ0v) is 18.3. The van der Waals surface area contributed by atoms with Gasteiger partial charge in [-0.05, 0) is 48.1 Å². The maximum atomic E-state index is 13.0. The Bertz CT molecular complexity index is 965. The van der Waals surface area contributed by atoms with Crippen LogP contribution >= 0.6 is 0 Å². The van der Waals surface area contributed by atoms with Gasteiger partial charge in [0.25, 0.3) is 0 Å². The van der Waals surface area contributed by atoms with Crippen molar-refractivity contribution in [2.75, 3.05) is 19.8 Å². The molecule has 8 heteroatoms. The third-order valence-electron chi connectivity index (χ3n) is 7.31. The first-order valence-electron chi connectivity index (χ1n) is 10.8. The van der Waals surface area contributed by atoms with E-state index >= 15 is 0 Å². The number of rotatable bonds is 5. The molecule has 8 nitrogen and oxygen atoms in total. The summed E-state index contributed by atoms with van der Waals surface area (Å²) in [5.74, 6) is -1.81. The van der Waals surface area contributed by atoms with Crippen LogP contribution < -0.4 is 0 Å². The molecule has 0 spiro atoms. The van der Waals surface area contributed by atoms with Gasteiger partial charge in [0.1, 0.15) is 25.1 Å². The first-order valence-corrected chi connectivity index (χ1v) is 10.8. The SMILES string of the molecule is CC(=O)OC[C@]12CCC[C@@](C)(CO)[C@H]1[C@@H](OC(=O)c1ccc(O)cc1)CC1=C2COC1=O. The minimum atomic E-state index is -0.763. The highest BCUT2D eigenvalue weighted by atomic mass is 16.6. The zero-order chi connectivity index (χ0) is 23.1. The molecule has 3 aliphatic rings. The number of fused-ring (bicyclic) bond motifs is 2. The van der Waals surface area contributed by atoms with Crippen molar-refractivity contribution in [1.82, 2.24) is 0 Å². The van der Waals surface area contributed by atoms with Gasteiger partial charge in [-0.3, -0.25) is 4.79 Å². The van der Waals surface area contributed by atoms with Gasteiger partial charge in [0.15, 0.2) is 0 Å². The monoisotopic (exact) mass is 444 g/mol. The number of hydrogen-bond donors (Lipinski definition) is 2. The van der Waals surface area contributed by atoms with Crippen LogP contribution in [0.1, 0.15) is 49.9 Å². The predicted octanol–water partition coefficient (Wildman–Crippen LogP) is 2.52. The fraction of sp³-hybridized carbons (Fsp3) is 0.542. The molecular weight excluding hydrogens is 416 g/mol. The van der Waals surface area contributed by atoms with Gasteiger partial charge in [-0.25, -0.2) is 9.59 Å². The third kappa shape index (κ3) is 3.66. The first-order chi connectivity index (χ1) is 15.2. The summed E-state index contributed by atoms with van der Waals surface area (Å²) in [6.45, 7) is 3.29. The second-order valence-electron chi connectivity index (χ2n) is 9.31. The summed E-state index contributed by atoms with van der Waals surface area (Å²) in [7, 11) is 0. The van der Waals surface area contributed by atoms with Gasteiger partial charge >= 0.3 is 17.9 Å². The standard InChI is InChI=1S/C24H28O8/c1-14(26)31-13-24-9-3-8-23(2,12-25)20(24)19(10-17-18(24)11-30-22(17)29)32-21(28)15-4-6-16(27)7-5-15/h4-7,19-20,25,27H,3,8-13H2,1-2H3/t19-,20+,23-,24-/m0/s1. The Morgan fingerprint density at radius 2 is 1.94 bits per heavy atom. The molecule has 0 bridgehead atoms. The van der Waals surface area contributed by atoms with Gasteiger partial charge in [-0.15, -0.1) is 0 Å². The molecule has 4 rings (SSSR count). The largest absolute Gasteiger partial charge is 0.508 e. The molecule has 1 saturated carbocycles. The van der Waals surface area contributed by atoms with Crippen LogP contribution in [0, 0.1) is 16.7 Å². The number of hydrogen-bond acceptors (Lipinski definition) is 8. The number of phenols is 1. The van der Waals surface area contributed by atoms with Gasteiger partial charge in [-0.2, -0.15) is 0 Å². The molecular formula is C24H28O8. The molecule has 1 aromatic carbocycles. The molecule has 4 atom stereocenters. The molecule has 2 N–H and O–H groups in total. The van der Waals surface area contributed by atoms with Crippen molar-refractivity contribution in [3.8, 4) is 5.75 Å². The van der Waals surface area contributed by atoms with Crippen LogP contribution in [0.5, 0.6) is 5.75 Å². The molecule has 0 unspecified atom stereocenters. The lowest BCUT2D eigenvalue weighted by atomic mass is 9.48. The number of aliphatic hydroxyl groups excluding tert-OH is 1. The Labute approximate surface area is 186 Å². The van der Waals surface area contributed by atoms with E-state index in [9.17, 15) is 24.6 Å². The van der Waals surface area contributed by atoms with E-state index in [4.69, 9.17) is 14.2 Å². The normalized spacial score (nSPS) is 31.4. The molecule has 0 amide bonds. The smallest absolute Gasteiger partial charge is 0.338 e. The molecule has 0 saturated heterocycles. The lowest BCUT2D eigenvalue weighted by Crippen LogP contribution is -2.58. The van der Waals surface area contributed by atoms with Gasteiger partial charge < -0.3 is 24.4 Å². The Morgan fingerprint density at radius 3 is 2.59 bits per heavy atom. The van der Waals surface area contributed by atoms with Gasteiger partial charge in [0, 0.05) is 36.9 Å². The van der Waals surface area contributed by atoms with Crippen LogP contribution in [-0.4, -0.2) is 54.0 Å². The lowest BCUT2D eigenvalue weighted by Gasteiger charge is -2.57. The third-order valence-corrected chi connectivity index (χ3v) is 7.31. The van der Waals surface area contributed by atoms with Crippen LogP contribution in [0.3, 0.4) is 0 Å². The number of cyclic esters (lactones) is 1. The molecule has 1 aliphatic heterocycles. The Morgan fingerprint density at radius 1 is 1.22 bits per heavy atom. The molecule has 1 fully saturated rings. The lowest BCUT2D eigenvalue weighted by molar-refractivity contribution is -0.159. The number of phenolic OH excluding ortho intramolecular Hbond substituents is 1. The number of carbonyl (C=O) groups excluding carboxylic acids is 3. The van der Waals surface area contributed by atoms with Gasteiger partial charge in [0.2, 0.25) is 0 Å². The highest BCUT2D eigenvalue weighted by molar-refractivity contribution is 5.93. The molecule has 2 aliphatic carbocycles. The number of aliphatic hydroxyl groups is 1. The Balaban J connectivity index is 1.77. The summed E-state index contributed by atoms with van der Waals surface area (Å²) >= 11 is 0. The van der Waals surface area contributed by atoms with Crippen molar-refractivity contribution in [3.05, 3.63) is 41.0 Å². The molecule has 0 radical (unpaired) electrons. The van der Waals surface area contributed by atoms with Crippen molar-refractivity contribution < 1.29 is 38.8 Å². The number of ether oxygens (including phenoxy) is 3. The van der Waals surface area contributed by atoms with E-state index in [1.54, 1.807) is 0 Å². The number of aromatic hydroxyl groups is 1. The van der Waals surface area contributed by atoms with E-state index in [1.807, 2.05) is 6.92 Å². The van der Waals surface area contributed by atoms with Crippen molar-refractivity contribution in [3.63, 3.8) is 0 Å². The minimum absolute atomic E-state index is 0.0308. The maximum Gasteiger partial charge on any atom is 0.338 e. The van der Waals surface area contributed by atoms with E-state index < -0.39 is 34.8 Å². The molecule has 172 valence electrons. The van der Waals surface area contributed by atoms with E-state index in [0.29, 0.717) is 18.4 Å². The van der Waals surface area contributed by atoms with Gasteiger partial charge in [0.05, 0.1) is 5.56 Å². The fourth-order valence-corrected chi connectivity index (χ4v) is 5.90. The van der Waals surface area contributed by atoms with Gasteiger partial charge in [-0.1, -0.05) is 13.3 Å². The number of benzene rings is 1. The predicted molar refractivity (Wildman–Crippen MR) is 112 cm³/mol. The fourth-order valence-electron chi connectivity index (χ4n) is 5.90. The van der Waals surface area contributed by atoms with Crippen molar-refractivity contribution in [1.29, 1.82) is 0 Å². The average molecular weight is 444 g/mol.